The van der Waals surface area contributed by atoms with Crippen LogP contribution in [0.5, 0.6) is 0 Å². The van der Waals surface area contributed by atoms with Crippen LogP contribution in [0.3, 0.4) is 0 Å². The normalized spacial score (nSPS) is 18.5. The van der Waals surface area contributed by atoms with Crippen LogP contribution in [0.4, 0.5) is 0 Å². The molecule has 1 saturated carbocycles. The van der Waals surface area contributed by atoms with Crippen LogP contribution in [0.1, 0.15) is 44.2 Å². The third-order valence-corrected chi connectivity index (χ3v) is 5.34. The molecule has 1 aromatic carbocycles. The lowest BCUT2D eigenvalue weighted by atomic mass is 10.1. The summed E-state index contributed by atoms with van der Waals surface area (Å²) in [4.78, 5) is 1.35. The highest BCUT2D eigenvalue weighted by Gasteiger charge is 2.15. The van der Waals surface area contributed by atoms with Crippen LogP contribution >= 0.6 is 27.7 Å². The van der Waals surface area contributed by atoms with Crippen molar-refractivity contribution in [2.45, 2.75) is 43.5 Å². The molecule has 1 fully saturated rings. The van der Waals surface area contributed by atoms with Gasteiger partial charge < -0.3 is 5.73 Å². The second kappa shape index (κ2) is 6.26. The zero-order valence-electron chi connectivity index (χ0n) is 10.3. The summed E-state index contributed by atoms with van der Waals surface area (Å²) in [5.74, 6) is 2.20. The highest BCUT2D eigenvalue weighted by atomic mass is 79.9. The Kier molecular flexibility index (Phi) is 4.95. The molecule has 0 bridgehead atoms. The van der Waals surface area contributed by atoms with Crippen molar-refractivity contribution in [2.75, 3.05) is 5.75 Å². The summed E-state index contributed by atoms with van der Waals surface area (Å²) in [5.41, 5.74) is 7.09. The highest BCUT2D eigenvalue weighted by molar-refractivity contribution is 9.10. The van der Waals surface area contributed by atoms with Crippen molar-refractivity contribution in [1.29, 1.82) is 0 Å². The van der Waals surface area contributed by atoms with Crippen molar-refractivity contribution in [3.63, 3.8) is 0 Å². The molecule has 0 radical (unpaired) electrons. The van der Waals surface area contributed by atoms with Gasteiger partial charge in [-0.2, -0.15) is 0 Å². The fourth-order valence-corrected chi connectivity index (χ4v) is 4.38. The van der Waals surface area contributed by atoms with E-state index in [1.165, 1.54) is 41.9 Å². The van der Waals surface area contributed by atoms with Gasteiger partial charge in [0.25, 0.3) is 0 Å². The van der Waals surface area contributed by atoms with Crippen LogP contribution in [0.15, 0.2) is 27.6 Å². The number of benzene rings is 1. The molecule has 0 amide bonds. The Balaban J connectivity index is 1.94. The minimum absolute atomic E-state index is 0.0956. The second-order valence-corrected chi connectivity index (χ2v) is 6.88. The molecule has 1 unspecified atom stereocenters. The first-order valence-electron chi connectivity index (χ1n) is 6.34. The van der Waals surface area contributed by atoms with Crippen molar-refractivity contribution >= 4 is 27.7 Å². The van der Waals surface area contributed by atoms with Gasteiger partial charge >= 0.3 is 0 Å². The van der Waals surface area contributed by atoms with Crippen LogP contribution in [-0.2, 0) is 0 Å². The molecule has 0 heterocycles. The summed E-state index contributed by atoms with van der Waals surface area (Å²) >= 11 is 5.59. The van der Waals surface area contributed by atoms with E-state index in [9.17, 15) is 0 Å². The molecule has 17 heavy (non-hydrogen) atoms. The number of hydrogen-bond acceptors (Lipinski definition) is 2. The van der Waals surface area contributed by atoms with Gasteiger partial charge in [0.05, 0.1) is 0 Å². The molecule has 1 atom stereocenters. The van der Waals surface area contributed by atoms with Gasteiger partial charge in [-0.05, 0) is 43.4 Å². The Morgan fingerprint density at radius 2 is 2.12 bits per heavy atom. The van der Waals surface area contributed by atoms with Crippen molar-refractivity contribution in [3.8, 4) is 0 Å². The fraction of sp³-hybridized carbons (Fsp3) is 0.571. The summed E-state index contributed by atoms with van der Waals surface area (Å²) < 4.78 is 1.14. The molecule has 0 aromatic heterocycles. The van der Waals surface area contributed by atoms with Gasteiger partial charge in [-0.15, -0.1) is 11.8 Å². The molecule has 94 valence electrons. The van der Waals surface area contributed by atoms with Crippen LogP contribution < -0.4 is 5.73 Å². The fourth-order valence-electron chi connectivity index (χ4n) is 2.36. The molecular weight excluding hydrogens is 294 g/mol. The van der Waals surface area contributed by atoms with Crippen molar-refractivity contribution in [2.24, 2.45) is 11.7 Å². The molecule has 0 aliphatic heterocycles. The van der Waals surface area contributed by atoms with E-state index in [-0.39, 0.29) is 6.04 Å². The maximum Gasteiger partial charge on any atom is 0.0277 e. The molecule has 3 heteroatoms. The molecule has 1 nitrogen and oxygen atoms in total. The van der Waals surface area contributed by atoms with Crippen molar-refractivity contribution in [3.05, 3.63) is 28.2 Å². The third kappa shape index (κ3) is 3.73. The lowest BCUT2D eigenvalue weighted by Crippen LogP contribution is -2.05. The maximum atomic E-state index is 5.90. The molecular formula is C14H20BrNS. The molecule has 2 rings (SSSR count). The average molecular weight is 314 g/mol. The maximum absolute atomic E-state index is 5.90. The van der Waals surface area contributed by atoms with E-state index in [4.69, 9.17) is 5.73 Å². The van der Waals surface area contributed by atoms with Gasteiger partial charge in [0, 0.05) is 21.2 Å². The summed E-state index contributed by atoms with van der Waals surface area (Å²) in [6.07, 6.45) is 5.70. The smallest absolute Gasteiger partial charge is 0.0277 e. The predicted octanol–water partition coefficient (Wildman–Crippen LogP) is 4.75. The van der Waals surface area contributed by atoms with Gasteiger partial charge in [0.2, 0.25) is 0 Å². The largest absolute Gasteiger partial charge is 0.324 e. The van der Waals surface area contributed by atoms with E-state index < -0.39 is 0 Å². The number of nitrogens with two attached hydrogens (primary N) is 1. The Hall–Kier alpha value is 0.01000. The zero-order valence-corrected chi connectivity index (χ0v) is 12.7. The lowest BCUT2D eigenvalue weighted by Gasteiger charge is -2.12. The van der Waals surface area contributed by atoms with E-state index in [0.717, 1.165) is 10.4 Å². The molecule has 1 aliphatic rings. The van der Waals surface area contributed by atoms with Crippen molar-refractivity contribution < 1.29 is 0 Å². The minimum atomic E-state index is 0.0956. The Morgan fingerprint density at radius 1 is 1.41 bits per heavy atom. The first kappa shape index (κ1) is 13.4. The van der Waals surface area contributed by atoms with E-state index in [0.29, 0.717) is 0 Å². The van der Waals surface area contributed by atoms with Gasteiger partial charge in [0.15, 0.2) is 0 Å². The average Bonchev–Trinajstić information content (AvgIpc) is 2.78. The number of thioether (sulfide) groups is 1. The van der Waals surface area contributed by atoms with Gasteiger partial charge in [-0.3, -0.25) is 0 Å². The summed E-state index contributed by atoms with van der Waals surface area (Å²) in [6, 6.07) is 6.64. The van der Waals surface area contributed by atoms with Gasteiger partial charge in [-0.25, -0.2) is 0 Å². The summed E-state index contributed by atoms with van der Waals surface area (Å²) in [6.45, 7) is 2.02. The van der Waals surface area contributed by atoms with Gasteiger partial charge in [-0.1, -0.05) is 34.8 Å². The molecule has 1 aliphatic carbocycles. The van der Waals surface area contributed by atoms with Crippen LogP contribution in [-0.4, -0.2) is 5.75 Å². The Morgan fingerprint density at radius 3 is 2.71 bits per heavy atom. The standard InChI is InChI=1S/C14H20BrNS/c1-10(16)13-7-6-12(8-14(13)15)17-9-11-4-2-3-5-11/h6-8,10-11H,2-5,9,16H2,1H3. The van der Waals surface area contributed by atoms with Crippen LogP contribution in [0.2, 0.25) is 0 Å². The quantitative estimate of drug-likeness (QED) is 0.812. The topological polar surface area (TPSA) is 26.0 Å². The SMILES string of the molecule is CC(N)c1ccc(SCC2CCCC2)cc1Br. The molecule has 2 N–H and O–H groups in total. The number of rotatable bonds is 4. The number of hydrogen-bond donors (Lipinski definition) is 1. The minimum Gasteiger partial charge on any atom is -0.324 e. The van der Waals surface area contributed by atoms with E-state index in [2.05, 4.69) is 34.1 Å². The van der Waals surface area contributed by atoms with E-state index in [1.54, 1.807) is 0 Å². The first-order chi connectivity index (χ1) is 8.16. The monoisotopic (exact) mass is 313 g/mol. The van der Waals surface area contributed by atoms with Crippen LogP contribution in [0.25, 0.3) is 0 Å². The van der Waals surface area contributed by atoms with Crippen molar-refractivity contribution in [1.82, 2.24) is 0 Å². The van der Waals surface area contributed by atoms with Gasteiger partial charge in [0.1, 0.15) is 0 Å². The second-order valence-electron chi connectivity index (χ2n) is 4.93. The molecule has 0 spiro atoms. The highest BCUT2D eigenvalue weighted by Crippen LogP contribution is 2.33. The molecule has 1 aromatic rings. The summed E-state index contributed by atoms with van der Waals surface area (Å²) in [5, 5.41) is 0. The molecule has 0 saturated heterocycles. The zero-order chi connectivity index (χ0) is 12.3. The van der Waals surface area contributed by atoms with E-state index >= 15 is 0 Å². The van der Waals surface area contributed by atoms with Crippen LogP contribution in [0, 0.1) is 5.92 Å². The Labute approximate surface area is 117 Å². The number of halogens is 1. The predicted molar refractivity (Wildman–Crippen MR) is 79.4 cm³/mol. The van der Waals surface area contributed by atoms with E-state index in [1.807, 2.05) is 18.7 Å². The first-order valence-corrected chi connectivity index (χ1v) is 8.12. The Bertz CT molecular complexity index is 372. The summed E-state index contributed by atoms with van der Waals surface area (Å²) in [7, 11) is 0. The third-order valence-electron chi connectivity index (χ3n) is 3.42. The lowest BCUT2D eigenvalue weighted by molar-refractivity contribution is 0.623.